The van der Waals surface area contributed by atoms with E-state index in [4.69, 9.17) is 0 Å². The normalized spacial score (nSPS) is 16.8. The van der Waals surface area contributed by atoms with Crippen molar-refractivity contribution in [2.75, 3.05) is 31.1 Å². The van der Waals surface area contributed by atoms with Crippen LogP contribution in [0.3, 0.4) is 0 Å². The van der Waals surface area contributed by atoms with Gasteiger partial charge in [-0.25, -0.2) is 0 Å². The molecule has 1 aromatic carbocycles. The van der Waals surface area contributed by atoms with Crippen molar-refractivity contribution in [2.45, 2.75) is 39.5 Å². The van der Waals surface area contributed by atoms with E-state index < -0.39 is 0 Å². The minimum absolute atomic E-state index is 0.706. The van der Waals surface area contributed by atoms with Gasteiger partial charge in [-0.05, 0) is 56.3 Å². The molecule has 1 unspecified atom stereocenters. The van der Waals surface area contributed by atoms with Crippen LogP contribution in [0.5, 0.6) is 0 Å². The van der Waals surface area contributed by atoms with Crippen molar-refractivity contribution in [3.63, 3.8) is 0 Å². The fourth-order valence-electron chi connectivity index (χ4n) is 2.92. The summed E-state index contributed by atoms with van der Waals surface area (Å²) in [5.41, 5.74) is 3.01. The van der Waals surface area contributed by atoms with Gasteiger partial charge in [-0.3, -0.25) is 0 Å². The van der Waals surface area contributed by atoms with Gasteiger partial charge in [0.25, 0.3) is 0 Å². The number of benzene rings is 1. The van der Waals surface area contributed by atoms with Crippen molar-refractivity contribution in [1.82, 2.24) is 5.32 Å². The molecule has 0 saturated carbocycles. The highest BCUT2D eigenvalue weighted by molar-refractivity contribution is 5.54. The number of nitrogens with one attached hydrogen (secondary N) is 1. The molecule has 0 amide bonds. The summed E-state index contributed by atoms with van der Waals surface area (Å²) >= 11 is 0. The van der Waals surface area contributed by atoms with Crippen molar-refractivity contribution in [3.8, 4) is 0 Å². The molecule has 1 aliphatic rings. The van der Waals surface area contributed by atoms with Crippen LogP contribution in [0, 0.1) is 5.92 Å². The second kappa shape index (κ2) is 7.54. The molecule has 0 spiro atoms. The molecule has 0 aliphatic carbocycles. The van der Waals surface area contributed by atoms with Crippen molar-refractivity contribution in [1.29, 1.82) is 0 Å². The Morgan fingerprint density at radius 1 is 1.26 bits per heavy atom. The van der Waals surface area contributed by atoms with E-state index in [9.17, 15) is 0 Å². The molecule has 0 fully saturated rings. The smallest absolute Gasteiger partial charge is 0.0398 e. The quantitative estimate of drug-likeness (QED) is 0.788. The molecule has 19 heavy (non-hydrogen) atoms. The standard InChI is InChI=1S/C17H28N2/c1-3-11-18-13-15(2)14-19-12-7-6-9-16-8-4-5-10-17(16)19/h4-5,8,10,15,18H,3,6-7,9,11-14H2,1-2H3. The molecule has 2 rings (SSSR count). The highest BCUT2D eigenvalue weighted by Gasteiger charge is 2.16. The molecule has 0 radical (unpaired) electrons. The number of rotatable bonds is 6. The van der Waals surface area contributed by atoms with E-state index >= 15 is 0 Å². The van der Waals surface area contributed by atoms with Gasteiger partial charge >= 0.3 is 0 Å². The van der Waals surface area contributed by atoms with Gasteiger partial charge in [0.2, 0.25) is 0 Å². The van der Waals surface area contributed by atoms with Crippen LogP contribution < -0.4 is 10.2 Å². The molecule has 1 atom stereocenters. The number of aryl methyl sites for hydroxylation is 1. The Balaban J connectivity index is 1.95. The third-order valence-electron chi connectivity index (χ3n) is 3.91. The van der Waals surface area contributed by atoms with Gasteiger partial charge < -0.3 is 10.2 Å². The summed E-state index contributed by atoms with van der Waals surface area (Å²) in [6, 6.07) is 8.95. The van der Waals surface area contributed by atoms with E-state index in [-0.39, 0.29) is 0 Å². The minimum Gasteiger partial charge on any atom is -0.371 e. The number of anilines is 1. The van der Waals surface area contributed by atoms with Crippen LogP contribution in [0.4, 0.5) is 5.69 Å². The second-order valence-electron chi connectivity index (χ2n) is 5.84. The molecular formula is C17H28N2. The summed E-state index contributed by atoms with van der Waals surface area (Å²) < 4.78 is 0. The first-order valence-corrected chi connectivity index (χ1v) is 7.85. The summed E-state index contributed by atoms with van der Waals surface area (Å²) in [7, 11) is 0. The van der Waals surface area contributed by atoms with Gasteiger partial charge in [-0.2, -0.15) is 0 Å². The SMILES string of the molecule is CCCNCC(C)CN1CCCCc2ccccc21. The molecular weight excluding hydrogens is 232 g/mol. The molecule has 2 nitrogen and oxygen atoms in total. The Labute approximate surface area is 118 Å². The summed E-state index contributed by atoms with van der Waals surface area (Å²) in [5.74, 6) is 0.706. The molecule has 1 N–H and O–H groups in total. The molecule has 0 aromatic heterocycles. The summed E-state index contributed by atoms with van der Waals surface area (Å²) in [5, 5.41) is 3.54. The Hall–Kier alpha value is -1.02. The maximum Gasteiger partial charge on any atom is 0.0398 e. The van der Waals surface area contributed by atoms with E-state index in [0.29, 0.717) is 5.92 Å². The van der Waals surface area contributed by atoms with Crippen LogP contribution in [-0.2, 0) is 6.42 Å². The number of hydrogen-bond donors (Lipinski definition) is 1. The number of para-hydroxylation sites is 1. The predicted molar refractivity (Wildman–Crippen MR) is 83.9 cm³/mol. The first-order chi connectivity index (χ1) is 9.31. The molecule has 0 bridgehead atoms. The first kappa shape index (κ1) is 14.4. The van der Waals surface area contributed by atoms with Crippen LogP contribution >= 0.6 is 0 Å². The number of nitrogens with zero attached hydrogens (tertiary/aromatic N) is 1. The highest BCUT2D eigenvalue weighted by Crippen LogP contribution is 2.26. The topological polar surface area (TPSA) is 15.3 Å². The second-order valence-corrected chi connectivity index (χ2v) is 5.84. The lowest BCUT2D eigenvalue weighted by atomic mass is 10.1. The summed E-state index contributed by atoms with van der Waals surface area (Å²) in [6.07, 6.45) is 5.12. The van der Waals surface area contributed by atoms with Crippen molar-refractivity contribution >= 4 is 5.69 Å². The van der Waals surface area contributed by atoms with Crippen LogP contribution in [0.2, 0.25) is 0 Å². The molecule has 1 aromatic rings. The first-order valence-electron chi connectivity index (χ1n) is 7.85. The van der Waals surface area contributed by atoms with E-state index in [1.54, 1.807) is 0 Å². The molecule has 0 saturated heterocycles. The molecule has 2 heteroatoms. The molecule has 1 heterocycles. The van der Waals surface area contributed by atoms with Gasteiger partial charge in [0.15, 0.2) is 0 Å². The maximum atomic E-state index is 3.54. The van der Waals surface area contributed by atoms with Crippen LogP contribution in [0.1, 0.15) is 38.7 Å². The zero-order chi connectivity index (χ0) is 13.5. The zero-order valence-corrected chi connectivity index (χ0v) is 12.5. The summed E-state index contributed by atoms with van der Waals surface area (Å²) in [4.78, 5) is 2.60. The third kappa shape index (κ3) is 4.24. The largest absolute Gasteiger partial charge is 0.371 e. The average Bonchev–Trinajstić information content (AvgIpc) is 2.62. The Morgan fingerprint density at radius 3 is 2.95 bits per heavy atom. The van der Waals surface area contributed by atoms with Gasteiger partial charge in [0.05, 0.1) is 0 Å². The molecule has 1 aliphatic heterocycles. The minimum atomic E-state index is 0.706. The van der Waals surface area contributed by atoms with Gasteiger partial charge in [0, 0.05) is 18.8 Å². The predicted octanol–water partition coefficient (Wildman–Crippen LogP) is 3.47. The maximum absolute atomic E-state index is 3.54. The van der Waals surface area contributed by atoms with E-state index in [1.807, 2.05) is 0 Å². The van der Waals surface area contributed by atoms with Crippen LogP contribution in [0.15, 0.2) is 24.3 Å². The van der Waals surface area contributed by atoms with Crippen molar-refractivity contribution in [2.24, 2.45) is 5.92 Å². The number of hydrogen-bond acceptors (Lipinski definition) is 2. The van der Waals surface area contributed by atoms with Crippen molar-refractivity contribution < 1.29 is 0 Å². The van der Waals surface area contributed by atoms with Crippen molar-refractivity contribution in [3.05, 3.63) is 29.8 Å². The molecule has 106 valence electrons. The zero-order valence-electron chi connectivity index (χ0n) is 12.5. The average molecular weight is 260 g/mol. The van der Waals surface area contributed by atoms with E-state index in [1.165, 1.54) is 50.0 Å². The third-order valence-corrected chi connectivity index (χ3v) is 3.91. The Bertz CT molecular complexity index is 375. The summed E-state index contributed by atoms with van der Waals surface area (Å²) in [6.45, 7) is 9.25. The van der Waals surface area contributed by atoms with E-state index in [2.05, 4.69) is 48.3 Å². The lowest BCUT2D eigenvalue weighted by Gasteiger charge is -2.28. The highest BCUT2D eigenvalue weighted by atomic mass is 15.1. The lowest BCUT2D eigenvalue weighted by Crippen LogP contribution is -2.34. The van der Waals surface area contributed by atoms with E-state index in [0.717, 1.165) is 13.1 Å². The van der Waals surface area contributed by atoms with Gasteiger partial charge in [0.1, 0.15) is 0 Å². The fraction of sp³-hybridized carbons (Fsp3) is 0.647. The van der Waals surface area contributed by atoms with Gasteiger partial charge in [-0.1, -0.05) is 32.0 Å². The fourth-order valence-corrected chi connectivity index (χ4v) is 2.92. The monoisotopic (exact) mass is 260 g/mol. The Morgan fingerprint density at radius 2 is 2.11 bits per heavy atom. The Kier molecular flexibility index (Phi) is 5.71. The number of fused-ring (bicyclic) bond motifs is 1. The van der Waals surface area contributed by atoms with Crippen LogP contribution in [-0.4, -0.2) is 26.2 Å². The lowest BCUT2D eigenvalue weighted by molar-refractivity contribution is 0.501. The van der Waals surface area contributed by atoms with Crippen LogP contribution in [0.25, 0.3) is 0 Å². The van der Waals surface area contributed by atoms with Gasteiger partial charge in [-0.15, -0.1) is 0 Å².